The van der Waals surface area contributed by atoms with Gasteiger partial charge in [0.05, 0.1) is 12.1 Å². The van der Waals surface area contributed by atoms with Crippen LogP contribution >= 0.6 is 0 Å². The summed E-state index contributed by atoms with van der Waals surface area (Å²) >= 11 is 0. The van der Waals surface area contributed by atoms with E-state index in [1.165, 1.54) is 5.56 Å². The molecule has 1 aromatic rings. The molecule has 25 heavy (non-hydrogen) atoms. The Kier molecular flexibility index (Phi) is 8.59. The van der Waals surface area contributed by atoms with E-state index < -0.39 is 0 Å². The van der Waals surface area contributed by atoms with Gasteiger partial charge in [-0.2, -0.15) is 0 Å². The average Bonchev–Trinajstić information content (AvgIpc) is 2.60. The van der Waals surface area contributed by atoms with Gasteiger partial charge in [-0.3, -0.25) is 4.79 Å². The quantitative estimate of drug-likeness (QED) is 0.466. The molecule has 138 valence electrons. The zero-order chi connectivity index (χ0) is 18.9. The van der Waals surface area contributed by atoms with E-state index in [0.29, 0.717) is 13.0 Å². The van der Waals surface area contributed by atoms with E-state index in [1.54, 1.807) is 6.20 Å². The van der Waals surface area contributed by atoms with E-state index in [0.717, 1.165) is 13.0 Å². The highest BCUT2D eigenvalue weighted by Crippen LogP contribution is 2.26. The van der Waals surface area contributed by atoms with Crippen LogP contribution in [0.4, 0.5) is 0 Å². The first-order chi connectivity index (χ1) is 11.9. The van der Waals surface area contributed by atoms with Crippen molar-refractivity contribution in [1.82, 2.24) is 15.3 Å². The predicted octanol–water partition coefficient (Wildman–Crippen LogP) is 3.42. The number of Topliss-reactive ketones (excluding diaryl/α,β-unsaturated/α-hetero) is 1. The Bertz CT molecular complexity index is 558. The maximum atomic E-state index is 12.0. The van der Waals surface area contributed by atoms with Crippen molar-refractivity contribution in [3.05, 3.63) is 61.3 Å². The van der Waals surface area contributed by atoms with E-state index in [-0.39, 0.29) is 17.4 Å². The first-order valence-corrected chi connectivity index (χ1v) is 8.91. The average molecular weight is 344 g/mol. The third-order valence-corrected chi connectivity index (χ3v) is 4.51. The van der Waals surface area contributed by atoms with Crippen LogP contribution in [0.5, 0.6) is 0 Å². The zero-order valence-electron chi connectivity index (χ0n) is 16.2. The Balaban J connectivity index is 3.12. The van der Waals surface area contributed by atoms with Gasteiger partial charge >= 0.3 is 0 Å². The van der Waals surface area contributed by atoms with Crippen LogP contribution in [0.25, 0.3) is 0 Å². The van der Waals surface area contributed by atoms with Crippen molar-refractivity contribution in [2.45, 2.75) is 45.2 Å². The van der Waals surface area contributed by atoms with Crippen molar-refractivity contribution in [2.75, 3.05) is 20.1 Å². The zero-order valence-corrected chi connectivity index (χ0v) is 16.2. The second kappa shape index (κ2) is 10.2. The lowest BCUT2D eigenvalue weighted by Gasteiger charge is -2.48. The Hall–Kier alpha value is -1.91. The van der Waals surface area contributed by atoms with Gasteiger partial charge in [-0.15, -0.1) is 6.58 Å². The van der Waals surface area contributed by atoms with Crippen molar-refractivity contribution in [3.63, 3.8) is 0 Å². The molecular weight excluding hydrogens is 310 g/mol. The summed E-state index contributed by atoms with van der Waals surface area (Å²) in [5, 5.41) is 7.48. The molecule has 0 amide bonds. The van der Waals surface area contributed by atoms with Crippen LogP contribution in [0.1, 0.15) is 32.8 Å². The molecule has 4 heteroatoms. The van der Waals surface area contributed by atoms with Crippen LogP contribution in [0.15, 0.2) is 55.8 Å². The topological polar surface area (TPSA) is 35.6 Å². The molecule has 0 aliphatic rings. The normalized spacial score (nSPS) is 14.8. The molecule has 2 atom stereocenters. The third kappa shape index (κ3) is 6.15. The fraction of sp³-hybridized carbons (Fsp3) is 0.476. The second-order valence-electron chi connectivity index (χ2n) is 6.74. The maximum Gasteiger partial charge on any atom is 0.148 e. The molecule has 4 nitrogen and oxygen atoms in total. The first-order valence-electron chi connectivity index (χ1n) is 8.91. The SMILES string of the molecule is C=CNCC(C)N(N(C)CC(=O)CC)C(C)(C=C)Cc1ccccc1. The van der Waals surface area contributed by atoms with E-state index in [2.05, 4.69) is 61.6 Å². The number of likely N-dealkylation sites (N-methyl/N-ethyl adjacent to an activating group) is 1. The lowest BCUT2D eigenvalue weighted by molar-refractivity contribution is -0.133. The summed E-state index contributed by atoms with van der Waals surface area (Å²) in [6.45, 7) is 15.2. The standard InChI is InChI=1S/C21H33N3O/c1-7-20(25)17-23(6)24(18(4)16-22-9-3)21(5,8-2)15-19-13-11-10-12-14-19/h8-14,18,22H,2-3,7,15-17H2,1,4-6H3. The number of ketones is 1. The number of carbonyl (C=O) groups is 1. The van der Waals surface area contributed by atoms with Crippen molar-refractivity contribution >= 4 is 5.78 Å². The van der Waals surface area contributed by atoms with Gasteiger partial charge in [-0.05, 0) is 32.0 Å². The molecule has 2 unspecified atom stereocenters. The molecule has 0 heterocycles. The Labute approximate surface area is 153 Å². The molecule has 1 rings (SSSR count). The van der Waals surface area contributed by atoms with Crippen molar-refractivity contribution in [3.8, 4) is 0 Å². The molecular formula is C21H33N3O. The number of benzene rings is 1. The van der Waals surface area contributed by atoms with Crippen molar-refractivity contribution < 1.29 is 4.79 Å². The van der Waals surface area contributed by atoms with E-state index in [4.69, 9.17) is 0 Å². The van der Waals surface area contributed by atoms with Crippen LogP contribution < -0.4 is 5.32 Å². The van der Waals surface area contributed by atoms with Crippen LogP contribution in [-0.4, -0.2) is 47.5 Å². The highest BCUT2D eigenvalue weighted by atomic mass is 16.1. The van der Waals surface area contributed by atoms with E-state index in [9.17, 15) is 4.79 Å². The molecule has 0 aromatic heterocycles. The molecule has 0 spiro atoms. The van der Waals surface area contributed by atoms with Crippen molar-refractivity contribution in [1.29, 1.82) is 0 Å². The third-order valence-electron chi connectivity index (χ3n) is 4.51. The number of nitrogens with one attached hydrogen (secondary N) is 1. The largest absolute Gasteiger partial charge is 0.390 e. The molecule has 1 aromatic carbocycles. The van der Waals surface area contributed by atoms with Gasteiger partial charge in [0.25, 0.3) is 0 Å². The Morgan fingerprint density at radius 3 is 2.48 bits per heavy atom. The van der Waals surface area contributed by atoms with Gasteiger partial charge in [-0.25, -0.2) is 10.0 Å². The smallest absolute Gasteiger partial charge is 0.148 e. The van der Waals surface area contributed by atoms with Crippen LogP contribution in [0.2, 0.25) is 0 Å². The number of hydrazine groups is 1. The van der Waals surface area contributed by atoms with Gasteiger partial charge in [0.15, 0.2) is 0 Å². The summed E-state index contributed by atoms with van der Waals surface area (Å²) in [6, 6.07) is 10.6. The predicted molar refractivity (Wildman–Crippen MR) is 106 cm³/mol. The summed E-state index contributed by atoms with van der Waals surface area (Å²) in [5.41, 5.74) is 0.931. The molecule has 0 radical (unpaired) electrons. The number of carbonyl (C=O) groups excluding carboxylic acids is 1. The van der Waals surface area contributed by atoms with Crippen LogP contribution in [-0.2, 0) is 11.2 Å². The van der Waals surface area contributed by atoms with Gasteiger partial charge < -0.3 is 5.32 Å². The van der Waals surface area contributed by atoms with Crippen LogP contribution in [0, 0.1) is 0 Å². The number of rotatable bonds is 12. The number of hydrogen-bond acceptors (Lipinski definition) is 4. The van der Waals surface area contributed by atoms with Crippen molar-refractivity contribution in [2.24, 2.45) is 0 Å². The van der Waals surface area contributed by atoms with Gasteiger partial charge in [0, 0.05) is 26.1 Å². The monoisotopic (exact) mass is 343 g/mol. The lowest BCUT2D eigenvalue weighted by atomic mass is 9.90. The van der Waals surface area contributed by atoms with Gasteiger partial charge in [0.1, 0.15) is 5.78 Å². The summed E-state index contributed by atoms with van der Waals surface area (Å²) in [5.74, 6) is 0.225. The van der Waals surface area contributed by atoms with Gasteiger partial charge in [0.2, 0.25) is 0 Å². The molecule has 0 aliphatic carbocycles. The highest BCUT2D eigenvalue weighted by molar-refractivity contribution is 5.79. The Morgan fingerprint density at radius 2 is 1.96 bits per heavy atom. The summed E-state index contributed by atoms with van der Waals surface area (Å²) in [4.78, 5) is 12.0. The highest BCUT2D eigenvalue weighted by Gasteiger charge is 2.35. The summed E-state index contributed by atoms with van der Waals surface area (Å²) in [7, 11) is 1.98. The summed E-state index contributed by atoms with van der Waals surface area (Å²) < 4.78 is 0. The lowest BCUT2D eigenvalue weighted by Crippen LogP contribution is -2.61. The fourth-order valence-electron chi connectivity index (χ4n) is 3.27. The second-order valence-corrected chi connectivity index (χ2v) is 6.74. The first kappa shape index (κ1) is 21.1. The minimum atomic E-state index is -0.313. The molecule has 0 fully saturated rings. The van der Waals surface area contributed by atoms with E-state index in [1.807, 2.05) is 31.1 Å². The molecule has 0 aliphatic heterocycles. The molecule has 1 N–H and O–H groups in total. The van der Waals surface area contributed by atoms with Crippen LogP contribution in [0.3, 0.4) is 0 Å². The summed E-state index contributed by atoms with van der Waals surface area (Å²) in [6.07, 6.45) is 5.05. The fourth-order valence-corrected chi connectivity index (χ4v) is 3.27. The van der Waals surface area contributed by atoms with Gasteiger partial charge in [-0.1, -0.05) is 49.9 Å². The molecule has 0 bridgehead atoms. The number of nitrogens with zero attached hydrogens (tertiary/aromatic N) is 2. The minimum absolute atomic E-state index is 0.166. The maximum absolute atomic E-state index is 12.0. The Morgan fingerprint density at radius 1 is 1.32 bits per heavy atom. The molecule has 0 saturated carbocycles. The van der Waals surface area contributed by atoms with E-state index >= 15 is 0 Å². The molecule has 0 saturated heterocycles. The minimum Gasteiger partial charge on any atom is -0.390 e. The number of hydrogen-bond donors (Lipinski definition) is 1.